The Bertz CT molecular complexity index is 495. The summed E-state index contributed by atoms with van der Waals surface area (Å²) < 4.78 is 26.5. The summed E-state index contributed by atoms with van der Waals surface area (Å²) >= 11 is 0. The first-order valence-corrected chi connectivity index (χ1v) is 7.06. The lowest BCUT2D eigenvalue weighted by Crippen LogP contribution is -2.25. The van der Waals surface area contributed by atoms with Crippen LogP contribution in [0, 0.1) is 5.92 Å². The van der Waals surface area contributed by atoms with Crippen molar-refractivity contribution >= 4 is 5.78 Å². The predicted octanol–water partition coefficient (Wildman–Crippen LogP) is 4.11. The van der Waals surface area contributed by atoms with E-state index in [0.717, 1.165) is 24.8 Å². The number of rotatable bonds is 2. The molecule has 0 spiro atoms. The van der Waals surface area contributed by atoms with Crippen molar-refractivity contribution in [3.05, 3.63) is 35.4 Å². The number of benzene rings is 1. The Morgan fingerprint density at radius 3 is 2.74 bits per heavy atom. The number of ketones is 1. The average molecular weight is 264 g/mol. The van der Waals surface area contributed by atoms with Gasteiger partial charge in [0.25, 0.3) is 0 Å². The molecule has 1 fully saturated rings. The number of halogens is 2. The van der Waals surface area contributed by atoms with E-state index in [0.29, 0.717) is 6.42 Å². The predicted molar refractivity (Wildman–Crippen MR) is 69.4 cm³/mol. The molecule has 0 heterocycles. The van der Waals surface area contributed by atoms with Gasteiger partial charge in [0, 0.05) is 24.7 Å². The minimum Gasteiger partial charge on any atom is -0.299 e. The largest absolute Gasteiger partial charge is 0.299 e. The van der Waals surface area contributed by atoms with Crippen molar-refractivity contribution < 1.29 is 13.6 Å². The lowest BCUT2D eigenvalue weighted by Gasteiger charge is -2.26. The number of carbonyl (C=O) groups is 1. The Kier molecular flexibility index (Phi) is 3.15. The molecule has 3 heteroatoms. The average Bonchev–Trinajstić information content (AvgIpc) is 2.78. The van der Waals surface area contributed by atoms with Gasteiger partial charge in [0.1, 0.15) is 5.78 Å². The number of aryl methyl sites for hydroxylation is 1. The molecule has 0 amide bonds. The Hall–Kier alpha value is -1.25. The molecule has 0 aliphatic heterocycles. The van der Waals surface area contributed by atoms with Gasteiger partial charge in [-0.2, -0.15) is 0 Å². The van der Waals surface area contributed by atoms with Gasteiger partial charge >= 0.3 is 0 Å². The first-order valence-electron chi connectivity index (χ1n) is 7.06. The van der Waals surface area contributed by atoms with Gasteiger partial charge in [0.05, 0.1) is 0 Å². The summed E-state index contributed by atoms with van der Waals surface area (Å²) in [5, 5.41) is 0. The Balaban J connectivity index is 1.82. The Labute approximate surface area is 112 Å². The maximum atomic E-state index is 13.3. The zero-order chi connectivity index (χ0) is 13.5. The second kappa shape index (κ2) is 4.69. The van der Waals surface area contributed by atoms with E-state index in [9.17, 15) is 13.6 Å². The molecule has 2 atom stereocenters. The molecule has 0 aromatic heterocycles. The molecule has 1 saturated carbocycles. The van der Waals surface area contributed by atoms with Crippen LogP contribution in [0.4, 0.5) is 8.78 Å². The van der Waals surface area contributed by atoms with Gasteiger partial charge in [-0.1, -0.05) is 24.3 Å². The minimum absolute atomic E-state index is 0.0457. The number of fused-ring (bicyclic) bond motifs is 1. The van der Waals surface area contributed by atoms with Crippen LogP contribution in [-0.2, 0) is 11.2 Å². The van der Waals surface area contributed by atoms with Crippen LogP contribution >= 0.6 is 0 Å². The van der Waals surface area contributed by atoms with Gasteiger partial charge in [-0.25, -0.2) is 8.78 Å². The van der Waals surface area contributed by atoms with E-state index in [2.05, 4.69) is 6.07 Å². The van der Waals surface area contributed by atoms with Crippen LogP contribution in [0.15, 0.2) is 24.3 Å². The smallest absolute Gasteiger partial charge is 0.248 e. The molecule has 19 heavy (non-hydrogen) atoms. The third-order valence-electron chi connectivity index (χ3n) is 4.52. The monoisotopic (exact) mass is 264 g/mol. The molecule has 1 aromatic carbocycles. The topological polar surface area (TPSA) is 17.1 Å². The Morgan fingerprint density at radius 2 is 2.00 bits per heavy atom. The normalized spacial score (nSPS) is 28.9. The van der Waals surface area contributed by atoms with Gasteiger partial charge in [-0.15, -0.1) is 0 Å². The summed E-state index contributed by atoms with van der Waals surface area (Å²) in [4.78, 5) is 12.5. The maximum absolute atomic E-state index is 13.3. The third-order valence-corrected chi connectivity index (χ3v) is 4.52. The lowest BCUT2D eigenvalue weighted by atomic mass is 9.77. The van der Waals surface area contributed by atoms with Crippen molar-refractivity contribution in [2.45, 2.75) is 50.4 Å². The Morgan fingerprint density at radius 1 is 1.21 bits per heavy atom. The van der Waals surface area contributed by atoms with Gasteiger partial charge in [-0.05, 0) is 36.8 Å². The third kappa shape index (κ3) is 2.43. The van der Waals surface area contributed by atoms with Crippen molar-refractivity contribution in [2.24, 2.45) is 5.92 Å². The fourth-order valence-corrected chi connectivity index (χ4v) is 3.53. The highest BCUT2D eigenvalue weighted by Crippen LogP contribution is 2.43. The van der Waals surface area contributed by atoms with Gasteiger partial charge in [0.15, 0.2) is 0 Å². The van der Waals surface area contributed by atoms with E-state index in [1.807, 2.05) is 18.2 Å². The van der Waals surface area contributed by atoms with Gasteiger partial charge in [0.2, 0.25) is 5.92 Å². The SMILES string of the molecule is O=C(C1CCC(F)(F)C1)C1CCCc2ccccc21. The molecule has 102 valence electrons. The number of hydrogen-bond acceptors (Lipinski definition) is 1. The fraction of sp³-hybridized carbons (Fsp3) is 0.562. The van der Waals surface area contributed by atoms with Crippen LogP contribution in [0.1, 0.15) is 49.1 Å². The van der Waals surface area contributed by atoms with Gasteiger partial charge < -0.3 is 0 Å². The molecule has 1 nitrogen and oxygen atoms in total. The number of hydrogen-bond donors (Lipinski definition) is 0. The number of alkyl halides is 2. The van der Waals surface area contributed by atoms with Crippen molar-refractivity contribution in [1.82, 2.24) is 0 Å². The van der Waals surface area contributed by atoms with E-state index in [1.54, 1.807) is 0 Å². The molecule has 2 unspecified atom stereocenters. The zero-order valence-electron chi connectivity index (χ0n) is 10.9. The van der Waals surface area contributed by atoms with E-state index in [4.69, 9.17) is 0 Å². The standard InChI is InChI=1S/C16H18F2O/c17-16(18)9-8-12(10-16)15(19)14-7-3-5-11-4-1-2-6-13(11)14/h1-2,4,6,12,14H,3,5,7-10H2. The molecule has 2 aliphatic rings. The molecule has 3 rings (SSSR count). The highest BCUT2D eigenvalue weighted by Gasteiger charge is 2.44. The second-order valence-corrected chi connectivity index (χ2v) is 5.84. The molecule has 1 aromatic rings. The van der Waals surface area contributed by atoms with Crippen molar-refractivity contribution in [3.8, 4) is 0 Å². The molecule has 0 saturated heterocycles. The highest BCUT2D eigenvalue weighted by atomic mass is 19.3. The maximum Gasteiger partial charge on any atom is 0.248 e. The molecule has 0 bridgehead atoms. The van der Waals surface area contributed by atoms with Crippen LogP contribution in [0.5, 0.6) is 0 Å². The molecule has 0 radical (unpaired) electrons. The molecular formula is C16H18F2O. The quantitative estimate of drug-likeness (QED) is 0.785. The fourth-order valence-electron chi connectivity index (χ4n) is 3.53. The van der Waals surface area contributed by atoms with E-state index in [1.165, 1.54) is 5.56 Å². The summed E-state index contributed by atoms with van der Waals surface area (Å²) in [6.07, 6.45) is 2.78. The van der Waals surface area contributed by atoms with Crippen LogP contribution in [0.2, 0.25) is 0 Å². The summed E-state index contributed by atoms with van der Waals surface area (Å²) in [5.74, 6) is -3.17. The van der Waals surface area contributed by atoms with Crippen molar-refractivity contribution in [1.29, 1.82) is 0 Å². The number of carbonyl (C=O) groups excluding carboxylic acids is 1. The van der Waals surface area contributed by atoms with Crippen molar-refractivity contribution in [2.75, 3.05) is 0 Å². The summed E-state index contributed by atoms with van der Waals surface area (Å²) in [7, 11) is 0. The van der Waals surface area contributed by atoms with Crippen LogP contribution in [0.25, 0.3) is 0 Å². The molecule has 0 N–H and O–H groups in total. The summed E-state index contributed by atoms with van der Waals surface area (Å²) in [5.41, 5.74) is 2.30. The summed E-state index contributed by atoms with van der Waals surface area (Å²) in [6.45, 7) is 0. The molecular weight excluding hydrogens is 246 g/mol. The first-order chi connectivity index (χ1) is 9.07. The second-order valence-electron chi connectivity index (χ2n) is 5.84. The van der Waals surface area contributed by atoms with Crippen LogP contribution in [-0.4, -0.2) is 11.7 Å². The van der Waals surface area contributed by atoms with Crippen LogP contribution in [0.3, 0.4) is 0 Å². The first kappa shape index (κ1) is 12.8. The van der Waals surface area contributed by atoms with Gasteiger partial charge in [-0.3, -0.25) is 4.79 Å². The van der Waals surface area contributed by atoms with E-state index < -0.39 is 11.8 Å². The highest BCUT2D eigenvalue weighted by molar-refractivity contribution is 5.88. The lowest BCUT2D eigenvalue weighted by molar-refractivity contribution is -0.125. The van der Waals surface area contributed by atoms with E-state index in [-0.39, 0.29) is 24.5 Å². The summed E-state index contributed by atoms with van der Waals surface area (Å²) in [6, 6.07) is 7.96. The molecule has 2 aliphatic carbocycles. The number of Topliss-reactive ketones (excluding diaryl/α,β-unsaturated/α-hetero) is 1. The van der Waals surface area contributed by atoms with E-state index >= 15 is 0 Å². The van der Waals surface area contributed by atoms with Crippen LogP contribution < -0.4 is 0 Å². The van der Waals surface area contributed by atoms with Crippen molar-refractivity contribution in [3.63, 3.8) is 0 Å². The minimum atomic E-state index is -2.63. The zero-order valence-corrected chi connectivity index (χ0v) is 10.9.